The highest BCUT2D eigenvalue weighted by molar-refractivity contribution is 5.68. The number of hydrogen-bond donors (Lipinski definition) is 1. The van der Waals surface area contributed by atoms with Crippen LogP contribution in [0, 0.1) is 0 Å². The largest absolute Gasteiger partial charge is 0.445 e. The van der Waals surface area contributed by atoms with Crippen molar-refractivity contribution in [2.24, 2.45) is 0 Å². The van der Waals surface area contributed by atoms with Crippen LogP contribution in [0.1, 0.15) is 26.3 Å². The first-order valence-electron chi connectivity index (χ1n) is 6.10. The van der Waals surface area contributed by atoms with Gasteiger partial charge in [-0.1, -0.05) is 30.3 Å². The van der Waals surface area contributed by atoms with Gasteiger partial charge in [-0.15, -0.1) is 0 Å². The summed E-state index contributed by atoms with van der Waals surface area (Å²) in [4.78, 5) is 11.6. The maximum atomic E-state index is 11.6. The minimum absolute atomic E-state index is 0.275. The standard InChI is InChI=1S/C14H21NO3/c1-4-17-11-14(2,3)15-13(16)18-10-12-8-6-5-7-9-12/h5-9H,4,10-11H2,1-3H3,(H,15,16). The highest BCUT2D eigenvalue weighted by Crippen LogP contribution is 2.05. The molecule has 0 spiro atoms. The summed E-state index contributed by atoms with van der Waals surface area (Å²) in [5, 5.41) is 2.78. The molecule has 1 N–H and O–H groups in total. The van der Waals surface area contributed by atoms with E-state index in [0.29, 0.717) is 13.2 Å². The normalized spacial score (nSPS) is 11.1. The second kappa shape index (κ2) is 7.01. The maximum Gasteiger partial charge on any atom is 0.407 e. The number of carbonyl (C=O) groups excluding carboxylic acids is 1. The molecule has 0 saturated carbocycles. The quantitative estimate of drug-likeness (QED) is 0.845. The Balaban J connectivity index is 2.33. The Labute approximate surface area is 108 Å². The summed E-state index contributed by atoms with van der Waals surface area (Å²) in [6.07, 6.45) is -0.427. The number of alkyl carbamates (subject to hydrolysis) is 1. The third-order valence-corrected chi connectivity index (χ3v) is 2.32. The van der Waals surface area contributed by atoms with Crippen LogP contribution in [0.25, 0.3) is 0 Å². The molecule has 0 fully saturated rings. The molecule has 0 unspecified atom stereocenters. The SMILES string of the molecule is CCOCC(C)(C)NC(=O)OCc1ccccc1. The molecule has 1 rings (SSSR count). The van der Waals surface area contributed by atoms with Crippen LogP contribution in [0.4, 0.5) is 4.79 Å². The fourth-order valence-electron chi connectivity index (χ4n) is 1.43. The number of benzene rings is 1. The fourth-order valence-corrected chi connectivity index (χ4v) is 1.43. The lowest BCUT2D eigenvalue weighted by atomic mass is 10.1. The zero-order chi connectivity index (χ0) is 13.4. The minimum atomic E-state index is -0.427. The van der Waals surface area contributed by atoms with Crippen molar-refractivity contribution in [1.29, 1.82) is 0 Å². The molecule has 18 heavy (non-hydrogen) atoms. The van der Waals surface area contributed by atoms with Gasteiger partial charge in [-0.25, -0.2) is 4.79 Å². The van der Waals surface area contributed by atoms with E-state index in [1.54, 1.807) is 0 Å². The second-order valence-corrected chi connectivity index (χ2v) is 4.71. The third kappa shape index (κ3) is 5.68. The molecule has 0 heterocycles. The molecule has 0 atom stereocenters. The minimum Gasteiger partial charge on any atom is -0.445 e. The van der Waals surface area contributed by atoms with Crippen molar-refractivity contribution in [2.75, 3.05) is 13.2 Å². The lowest BCUT2D eigenvalue weighted by Crippen LogP contribution is -2.47. The summed E-state index contributed by atoms with van der Waals surface area (Å²) in [6, 6.07) is 9.58. The predicted molar refractivity (Wildman–Crippen MR) is 70.3 cm³/mol. The van der Waals surface area contributed by atoms with E-state index < -0.39 is 11.6 Å². The molecule has 0 radical (unpaired) electrons. The summed E-state index contributed by atoms with van der Waals surface area (Å²) in [6.45, 7) is 7.08. The van der Waals surface area contributed by atoms with Crippen molar-refractivity contribution < 1.29 is 14.3 Å². The van der Waals surface area contributed by atoms with Gasteiger partial charge < -0.3 is 14.8 Å². The van der Waals surface area contributed by atoms with E-state index >= 15 is 0 Å². The zero-order valence-electron chi connectivity index (χ0n) is 11.2. The van der Waals surface area contributed by atoms with Crippen LogP contribution in [0.3, 0.4) is 0 Å². The number of rotatable bonds is 6. The summed E-state index contributed by atoms with van der Waals surface area (Å²) < 4.78 is 10.4. The average Bonchev–Trinajstić information content (AvgIpc) is 2.35. The average molecular weight is 251 g/mol. The Bertz CT molecular complexity index is 363. The molecule has 1 amide bonds. The lowest BCUT2D eigenvalue weighted by Gasteiger charge is -2.25. The Morgan fingerprint density at radius 1 is 1.28 bits per heavy atom. The first-order valence-corrected chi connectivity index (χ1v) is 6.10. The zero-order valence-corrected chi connectivity index (χ0v) is 11.2. The van der Waals surface area contributed by atoms with E-state index in [1.165, 1.54) is 0 Å². The van der Waals surface area contributed by atoms with Gasteiger partial charge in [0.2, 0.25) is 0 Å². The molecular weight excluding hydrogens is 230 g/mol. The third-order valence-electron chi connectivity index (χ3n) is 2.32. The van der Waals surface area contributed by atoms with Crippen molar-refractivity contribution in [3.05, 3.63) is 35.9 Å². The van der Waals surface area contributed by atoms with Gasteiger partial charge in [0, 0.05) is 6.61 Å². The topological polar surface area (TPSA) is 47.6 Å². The molecule has 0 bridgehead atoms. The monoisotopic (exact) mass is 251 g/mol. The van der Waals surface area contributed by atoms with Crippen LogP contribution < -0.4 is 5.32 Å². The van der Waals surface area contributed by atoms with E-state index in [4.69, 9.17) is 9.47 Å². The van der Waals surface area contributed by atoms with Gasteiger partial charge in [0.15, 0.2) is 0 Å². The Hall–Kier alpha value is -1.55. The van der Waals surface area contributed by atoms with Crippen LogP contribution in [0.5, 0.6) is 0 Å². The molecule has 0 aromatic heterocycles. The van der Waals surface area contributed by atoms with Gasteiger partial charge in [0.25, 0.3) is 0 Å². The Kier molecular flexibility index (Phi) is 5.65. The van der Waals surface area contributed by atoms with Crippen LogP contribution in [-0.2, 0) is 16.1 Å². The maximum absolute atomic E-state index is 11.6. The summed E-state index contributed by atoms with van der Waals surface area (Å²) in [7, 11) is 0. The first-order chi connectivity index (χ1) is 8.53. The van der Waals surface area contributed by atoms with Gasteiger partial charge in [-0.2, -0.15) is 0 Å². The molecule has 1 aromatic carbocycles. The van der Waals surface area contributed by atoms with Crippen LogP contribution in [0.2, 0.25) is 0 Å². The molecule has 1 aromatic rings. The van der Waals surface area contributed by atoms with Crippen molar-refractivity contribution in [3.8, 4) is 0 Å². The van der Waals surface area contributed by atoms with Gasteiger partial charge in [0.1, 0.15) is 6.61 Å². The molecule has 0 aliphatic carbocycles. The Morgan fingerprint density at radius 2 is 1.94 bits per heavy atom. The smallest absolute Gasteiger partial charge is 0.407 e. The van der Waals surface area contributed by atoms with E-state index in [0.717, 1.165) is 5.56 Å². The van der Waals surface area contributed by atoms with Crippen molar-refractivity contribution in [3.63, 3.8) is 0 Å². The first kappa shape index (κ1) is 14.5. The van der Waals surface area contributed by atoms with Crippen molar-refractivity contribution >= 4 is 6.09 Å². The van der Waals surface area contributed by atoms with E-state index in [2.05, 4.69) is 5.32 Å². The van der Waals surface area contributed by atoms with Gasteiger partial charge in [-0.05, 0) is 26.3 Å². The highest BCUT2D eigenvalue weighted by atomic mass is 16.5. The lowest BCUT2D eigenvalue weighted by molar-refractivity contribution is 0.0792. The summed E-state index contributed by atoms with van der Waals surface area (Å²) >= 11 is 0. The van der Waals surface area contributed by atoms with Gasteiger partial charge in [-0.3, -0.25) is 0 Å². The molecule has 4 heteroatoms. The molecule has 0 aliphatic heterocycles. The molecule has 100 valence electrons. The van der Waals surface area contributed by atoms with Gasteiger partial charge >= 0.3 is 6.09 Å². The highest BCUT2D eigenvalue weighted by Gasteiger charge is 2.21. The number of carbonyl (C=O) groups is 1. The van der Waals surface area contributed by atoms with Gasteiger partial charge in [0.05, 0.1) is 12.1 Å². The van der Waals surface area contributed by atoms with Crippen LogP contribution in [0.15, 0.2) is 30.3 Å². The molecule has 0 saturated heterocycles. The summed E-state index contributed by atoms with van der Waals surface area (Å²) in [5.74, 6) is 0. The van der Waals surface area contributed by atoms with Crippen LogP contribution in [-0.4, -0.2) is 24.8 Å². The van der Waals surface area contributed by atoms with E-state index in [-0.39, 0.29) is 6.61 Å². The predicted octanol–water partition coefficient (Wildman–Crippen LogP) is 2.73. The summed E-state index contributed by atoms with van der Waals surface area (Å²) in [5.41, 5.74) is 0.541. The fraction of sp³-hybridized carbons (Fsp3) is 0.500. The number of hydrogen-bond acceptors (Lipinski definition) is 3. The van der Waals surface area contributed by atoms with Crippen molar-refractivity contribution in [2.45, 2.75) is 32.9 Å². The van der Waals surface area contributed by atoms with E-state index in [1.807, 2.05) is 51.1 Å². The molecule has 4 nitrogen and oxygen atoms in total. The van der Waals surface area contributed by atoms with E-state index in [9.17, 15) is 4.79 Å². The number of nitrogens with one attached hydrogen (secondary N) is 1. The van der Waals surface area contributed by atoms with Crippen molar-refractivity contribution in [1.82, 2.24) is 5.32 Å². The molecule has 0 aliphatic rings. The van der Waals surface area contributed by atoms with Crippen LogP contribution >= 0.6 is 0 Å². The molecular formula is C14H21NO3. The number of ether oxygens (including phenoxy) is 2. The Morgan fingerprint density at radius 3 is 2.56 bits per heavy atom. The second-order valence-electron chi connectivity index (χ2n) is 4.71. The number of amides is 1.